The van der Waals surface area contributed by atoms with Crippen LogP contribution in [0.3, 0.4) is 0 Å². The molecule has 1 aliphatic carbocycles. The van der Waals surface area contributed by atoms with Crippen molar-refractivity contribution in [1.82, 2.24) is 8.96 Å². The number of hydrogen-bond acceptors (Lipinski definition) is 3. The van der Waals surface area contributed by atoms with Crippen LogP contribution < -0.4 is 0 Å². The Morgan fingerprint density at radius 2 is 2.50 bits per heavy atom. The number of nitrogens with zero attached hydrogens (tertiary/aromatic N) is 2. The van der Waals surface area contributed by atoms with Crippen LogP contribution >= 0.6 is 41.7 Å². The first-order chi connectivity index (χ1) is 7.88. The summed E-state index contributed by atoms with van der Waals surface area (Å²) >= 11 is 4.13. The molecule has 0 radical (unpaired) electrons. The fraction of sp³-hybridized carbons (Fsp3) is 0.364. The number of halogens is 1. The van der Waals surface area contributed by atoms with Crippen LogP contribution in [0.5, 0.6) is 0 Å². The average Bonchev–Trinajstić information content (AvgIpc) is 2.97. The van der Waals surface area contributed by atoms with E-state index in [2.05, 4.69) is 47.8 Å². The molecule has 0 aromatic carbocycles. The minimum absolute atomic E-state index is 0.629. The molecule has 84 valence electrons. The van der Waals surface area contributed by atoms with E-state index in [9.17, 15) is 0 Å². The molecular formula is C11H11IN2S2. The van der Waals surface area contributed by atoms with Gasteiger partial charge in [0.15, 0.2) is 0 Å². The Balaban J connectivity index is 1.90. The van der Waals surface area contributed by atoms with Gasteiger partial charge in [0.05, 0.1) is 5.01 Å². The third kappa shape index (κ3) is 1.93. The summed E-state index contributed by atoms with van der Waals surface area (Å²) in [6.45, 7) is 0. The molecule has 0 saturated carbocycles. The van der Waals surface area contributed by atoms with Gasteiger partial charge < -0.3 is 0 Å². The maximum Gasteiger partial charge on any atom is 0.0959 e. The van der Waals surface area contributed by atoms with Crippen molar-refractivity contribution in [2.24, 2.45) is 0 Å². The van der Waals surface area contributed by atoms with E-state index in [1.54, 1.807) is 20.5 Å². The molecule has 0 aliphatic heterocycles. The molecule has 1 atom stereocenters. The van der Waals surface area contributed by atoms with Gasteiger partial charge in [0, 0.05) is 59.7 Å². The van der Waals surface area contributed by atoms with Gasteiger partial charge in [-0.1, -0.05) is 0 Å². The van der Waals surface area contributed by atoms with Crippen LogP contribution in [0, 0.1) is 0 Å². The van der Waals surface area contributed by atoms with Gasteiger partial charge >= 0.3 is 0 Å². The summed E-state index contributed by atoms with van der Waals surface area (Å²) in [6, 6.07) is 2.26. The molecule has 0 amide bonds. The van der Waals surface area contributed by atoms with E-state index in [1.165, 1.54) is 29.1 Å². The highest BCUT2D eigenvalue weighted by Crippen LogP contribution is 2.36. The quantitative estimate of drug-likeness (QED) is 0.750. The first-order valence-corrected chi connectivity index (χ1v) is 9.45. The minimum Gasteiger partial charge on any atom is -0.287 e. The minimum atomic E-state index is 0.629. The van der Waals surface area contributed by atoms with Gasteiger partial charge in [0.25, 0.3) is 0 Å². The largest absolute Gasteiger partial charge is 0.287 e. The number of fused-ring (bicyclic) bond motifs is 1. The van der Waals surface area contributed by atoms with Crippen molar-refractivity contribution in [3.8, 4) is 0 Å². The van der Waals surface area contributed by atoms with Crippen molar-refractivity contribution in [3.63, 3.8) is 0 Å². The molecule has 0 fully saturated rings. The Morgan fingerprint density at radius 3 is 3.25 bits per heavy atom. The second kappa shape index (κ2) is 4.70. The summed E-state index contributed by atoms with van der Waals surface area (Å²) in [5.74, 6) is 0.629. The summed E-state index contributed by atoms with van der Waals surface area (Å²) in [4.78, 5) is 4.45. The molecule has 2 heterocycles. The van der Waals surface area contributed by atoms with E-state index < -0.39 is 0 Å². The van der Waals surface area contributed by atoms with E-state index in [0.717, 1.165) is 6.42 Å². The molecule has 2 aromatic rings. The molecule has 0 saturated heterocycles. The summed E-state index contributed by atoms with van der Waals surface area (Å²) in [5.41, 5.74) is 3.02. The molecule has 1 unspecified atom stereocenters. The second-order valence-electron chi connectivity index (χ2n) is 3.99. The monoisotopic (exact) mass is 362 g/mol. The lowest BCUT2D eigenvalue weighted by atomic mass is 9.88. The summed E-state index contributed by atoms with van der Waals surface area (Å²) in [7, 11) is 1.76. The standard InChI is InChI=1S/C11H11IN2S2/c12-16-14-5-3-8-1-2-9(7-10(8)14)11-13-4-6-15-11/h3-6,9H,1-2,7H2. The Labute approximate surface area is 115 Å². The number of thiazole rings is 1. The summed E-state index contributed by atoms with van der Waals surface area (Å²) in [5, 5.41) is 3.38. The maximum atomic E-state index is 4.45. The fourth-order valence-electron chi connectivity index (χ4n) is 2.31. The van der Waals surface area contributed by atoms with Gasteiger partial charge in [0.2, 0.25) is 0 Å². The molecule has 3 rings (SSSR count). The van der Waals surface area contributed by atoms with E-state index in [1.807, 2.05) is 6.20 Å². The van der Waals surface area contributed by atoms with Gasteiger partial charge in [-0.2, -0.15) is 0 Å². The van der Waals surface area contributed by atoms with Crippen molar-refractivity contribution >= 4 is 41.7 Å². The van der Waals surface area contributed by atoms with Gasteiger partial charge in [-0.15, -0.1) is 11.3 Å². The molecular weight excluding hydrogens is 351 g/mol. The highest BCUT2D eigenvalue weighted by Gasteiger charge is 2.24. The third-order valence-corrected chi connectivity index (χ3v) is 5.83. The lowest BCUT2D eigenvalue weighted by molar-refractivity contribution is 0.573. The van der Waals surface area contributed by atoms with Crippen LogP contribution in [0.15, 0.2) is 23.8 Å². The Hall–Kier alpha value is -0.01000. The third-order valence-electron chi connectivity index (χ3n) is 3.12. The van der Waals surface area contributed by atoms with Crippen molar-refractivity contribution < 1.29 is 0 Å². The molecule has 16 heavy (non-hydrogen) atoms. The molecule has 0 N–H and O–H groups in total. The van der Waals surface area contributed by atoms with E-state index in [-0.39, 0.29) is 0 Å². The normalized spacial score (nSPS) is 19.7. The van der Waals surface area contributed by atoms with Gasteiger partial charge in [0.1, 0.15) is 0 Å². The van der Waals surface area contributed by atoms with Crippen LogP contribution in [-0.4, -0.2) is 8.96 Å². The lowest BCUT2D eigenvalue weighted by Crippen LogP contribution is -2.13. The zero-order chi connectivity index (χ0) is 11.0. The smallest absolute Gasteiger partial charge is 0.0959 e. The summed E-state index contributed by atoms with van der Waals surface area (Å²) in [6.07, 6.45) is 7.69. The number of rotatable bonds is 2. The summed E-state index contributed by atoms with van der Waals surface area (Å²) < 4.78 is 2.29. The first kappa shape index (κ1) is 11.1. The fourth-order valence-corrected chi connectivity index (χ4v) is 4.58. The molecule has 2 aromatic heterocycles. The van der Waals surface area contributed by atoms with Crippen LogP contribution in [0.4, 0.5) is 0 Å². The molecule has 0 spiro atoms. The van der Waals surface area contributed by atoms with E-state index in [4.69, 9.17) is 0 Å². The highest BCUT2D eigenvalue weighted by molar-refractivity contribution is 14.2. The molecule has 0 bridgehead atoms. The van der Waals surface area contributed by atoms with Gasteiger partial charge in [-0.05, 0) is 30.9 Å². The zero-order valence-corrected chi connectivity index (χ0v) is 12.4. The Kier molecular flexibility index (Phi) is 3.26. The van der Waals surface area contributed by atoms with Crippen LogP contribution in [0.1, 0.15) is 28.6 Å². The molecule has 2 nitrogen and oxygen atoms in total. The second-order valence-corrected chi connectivity index (χ2v) is 6.63. The topological polar surface area (TPSA) is 17.8 Å². The van der Waals surface area contributed by atoms with Crippen LogP contribution in [0.25, 0.3) is 0 Å². The van der Waals surface area contributed by atoms with E-state index in [0.29, 0.717) is 5.92 Å². The Bertz CT molecular complexity index is 465. The number of aryl methyl sites for hydroxylation is 1. The maximum absolute atomic E-state index is 4.45. The van der Waals surface area contributed by atoms with Crippen molar-refractivity contribution in [2.45, 2.75) is 25.2 Å². The Morgan fingerprint density at radius 1 is 1.56 bits per heavy atom. The van der Waals surface area contributed by atoms with Crippen molar-refractivity contribution in [1.29, 1.82) is 0 Å². The van der Waals surface area contributed by atoms with Crippen LogP contribution in [0.2, 0.25) is 0 Å². The van der Waals surface area contributed by atoms with Crippen LogP contribution in [-0.2, 0) is 12.8 Å². The molecule has 5 heteroatoms. The van der Waals surface area contributed by atoms with Gasteiger partial charge in [-0.25, -0.2) is 4.98 Å². The number of aromatic nitrogens is 2. The zero-order valence-electron chi connectivity index (χ0n) is 8.60. The predicted molar refractivity (Wildman–Crippen MR) is 78.3 cm³/mol. The molecule has 1 aliphatic rings. The van der Waals surface area contributed by atoms with Crippen molar-refractivity contribution in [3.05, 3.63) is 40.1 Å². The van der Waals surface area contributed by atoms with E-state index >= 15 is 0 Å². The van der Waals surface area contributed by atoms with Gasteiger partial charge in [-0.3, -0.25) is 3.97 Å². The average molecular weight is 362 g/mol. The first-order valence-electron chi connectivity index (χ1n) is 5.26. The SMILES string of the molecule is ISn1ccc2c1CC(c1nccs1)CC2. The highest BCUT2D eigenvalue weighted by atomic mass is 127. The predicted octanol–water partition coefficient (Wildman–Crippen LogP) is 4.06. The van der Waals surface area contributed by atoms with Crippen molar-refractivity contribution in [2.75, 3.05) is 0 Å². The number of hydrogen-bond donors (Lipinski definition) is 0. The lowest BCUT2D eigenvalue weighted by Gasteiger charge is -2.21.